The van der Waals surface area contributed by atoms with Gasteiger partial charge in [0.25, 0.3) is 0 Å². The van der Waals surface area contributed by atoms with Gasteiger partial charge in [-0.25, -0.2) is 4.98 Å². The van der Waals surface area contributed by atoms with Crippen molar-refractivity contribution < 1.29 is 27.7 Å². The summed E-state index contributed by atoms with van der Waals surface area (Å²) in [5, 5.41) is 9.73. The lowest BCUT2D eigenvalue weighted by atomic mass is 9.73. The number of benzene rings is 1. The van der Waals surface area contributed by atoms with Gasteiger partial charge in [-0.1, -0.05) is 29.8 Å². The van der Waals surface area contributed by atoms with Crippen LogP contribution in [0.5, 0.6) is 0 Å². The number of ketones is 1. The molecule has 164 valence electrons. The van der Waals surface area contributed by atoms with E-state index in [4.69, 9.17) is 16.3 Å². The summed E-state index contributed by atoms with van der Waals surface area (Å²) >= 11 is 9.58. The Hall–Kier alpha value is -1.59. The fourth-order valence-corrected chi connectivity index (χ4v) is 4.47. The third-order valence-corrected chi connectivity index (χ3v) is 6.85. The summed E-state index contributed by atoms with van der Waals surface area (Å²) in [4.78, 5) is 18.4. The predicted octanol–water partition coefficient (Wildman–Crippen LogP) is 3.85. The van der Waals surface area contributed by atoms with E-state index in [9.17, 15) is 23.0 Å². The van der Waals surface area contributed by atoms with Crippen LogP contribution in [0.25, 0.3) is 0 Å². The van der Waals surface area contributed by atoms with Gasteiger partial charge in [-0.15, -0.1) is 0 Å². The number of carbonyl (C=O) groups is 1. The van der Waals surface area contributed by atoms with Gasteiger partial charge < -0.3 is 14.6 Å². The lowest BCUT2D eigenvalue weighted by Crippen LogP contribution is -2.63. The summed E-state index contributed by atoms with van der Waals surface area (Å²) in [6, 6.07) is 7.25. The zero-order valence-corrected chi connectivity index (χ0v) is 18.1. The minimum atomic E-state index is -4.79. The van der Waals surface area contributed by atoms with Crippen LogP contribution >= 0.6 is 24.2 Å². The second kappa shape index (κ2) is 7.77. The van der Waals surface area contributed by atoms with Crippen molar-refractivity contribution in [2.75, 3.05) is 13.1 Å². The first-order chi connectivity index (χ1) is 14.4. The van der Waals surface area contributed by atoms with E-state index in [1.807, 2.05) is 4.81 Å². The first kappa shape index (κ1) is 22.6. The lowest BCUT2D eigenvalue weighted by molar-refractivity contribution is -0.161. The number of Topliss-reactive ketones (excluding diaryl/α,β-unsaturated/α-hetero) is 1. The monoisotopic (exact) mass is 470 g/mol. The maximum Gasteiger partial charge on any atom is 0.407 e. The SMILES string of the molecule is CB(O)N1CC2(C1)OCc1cc(C(=O)CC(S)(c3ccc(Cl)nc3)C(F)(F)F)ccc12. The van der Waals surface area contributed by atoms with Crippen LogP contribution in [0.4, 0.5) is 13.2 Å². The topological polar surface area (TPSA) is 62.7 Å². The molecule has 2 aliphatic heterocycles. The van der Waals surface area contributed by atoms with Crippen LogP contribution in [0.2, 0.25) is 12.0 Å². The largest absolute Gasteiger partial charge is 0.437 e. The van der Waals surface area contributed by atoms with Gasteiger partial charge in [-0.2, -0.15) is 25.8 Å². The van der Waals surface area contributed by atoms with Gasteiger partial charge in [-0.05, 0) is 35.6 Å². The van der Waals surface area contributed by atoms with Gasteiger partial charge in [0.15, 0.2) is 5.78 Å². The standard InChI is InChI=1S/C20H19BClF3N2O3S/c1-21(29)27-10-18(11-27)15-4-2-12(6-13(15)9-30-18)16(28)7-19(31,20(23,24)25)14-3-5-17(22)26-8-14/h2-6,8,29,31H,7,9-11H2,1H3. The summed E-state index contributed by atoms with van der Waals surface area (Å²) in [5.74, 6) is -0.690. The van der Waals surface area contributed by atoms with Crippen molar-refractivity contribution >= 4 is 37.1 Å². The summed E-state index contributed by atoms with van der Waals surface area (Å²) in [5.41, 5.74) is 1.03. The molecule has 1 unspecified atom stereocenters. The fraction of sp³-hybridized carbons (Fsp3) is 0.400. The van der Waals surface area contributed by atoms with Crippen LogP contribution in [0.3, 0.4) is 0 Å². The highest BCUT2D eigenvalue weighted by Gasteiger charge is 2.55. The molecule has 4 rings (SSSR count). The highest BCUT2D eigenvalue weighted by atomic mass is 35.5. The minimum absolute atomic E-state index is 0.0469. The Morgan fingerprint density at radius 2 is 2.06 bits per heavy atom. The first-order valence-corrected chi connectivity index (χ1v) is 10.4. The Kier molecular flexibility index (Phi) is 5.67. The summed E-state index contributed by atoms with van der Waals surface area (Å²) in [7, 11) is -0.590. The quantitative estimate of drug-likeness (QED) is 0.301. The molecule has 1 fully saturated rings. The molecule has 0 aliphatic carbocycles. The molecule has 1 saturated heterocycles. The molecule has 1 aromatic heterocycles. The Bertz CT molecular complexity index is 1020. The highest BCUT2D eigenvalue weighted by molar-refractivity contribution is 7.81. The number of halogens is 4. The highest BCUT2D eigenvalue weighted by Crippen LogP contribution is 2.48. The molecule has 31 heavy (non-hydrogen) atoms. The van der Waals surface area contributed by atoms with Crippen LogP contribution in [-0.4, -0.2) is 46.9 Å². The molecule has 1 N–H and O–H groups in total. The van der Waals surface area contributed by atoms with E-state index in [2.05, 4.69) is 17.6 Å². The number of alkyl halides is 3. The van der Waals surface area contributed by atoms with Gasteiger partial charge in [-0.3, -0.25) is 4.79 Å². The zero-order chi connectivity index (χ0) is 22.6. The van der Waals surface area contributed by atoms with Crippen molar-refractivity contribution in [2.24, 2.45) is 0 Å². The maximum absolute atomic E-state index is 13.9. The maximum atomic E-state index is 13.9. The third-order valence-electron chi connectivity index (χ3n) is 5.96. The minimum Gasteiger partial charge on any atom is -0.437 e. The van der Waals surface area contributed by atoms with Crippen molar-refractivity contribution in [3.63, 3.8) is 0 Å². The molecule has 1 spiro atoms. The van der Waals surface area contributed by atoms with Crippen molar-refractivity contribution in [2.45, 2.75) is 36.4 Å². The van der Waals surface area contributed by atoms with Crippen molar-refractivity contribution in [3.05, 3.63) is 63.9 Å². The molecule has 11 heteroatoms. The molecule has 0 bridgehead atoms. The average Bonchev–Trinajstić information content (AvgIpc) is 3.05. The number of aromatic nitrogens is 1. The van der Waals surface area contributed by atoms with E-state index in [-0.39, 0.29) is 22.9 Å². The van der Waals surface area contributed by atoms with Gasteiger partial charge in [0.2, 0.25) is 0 Å². The lowest BCUT2D eigenvalue weighted by Gasteiger charge is -2.48. The van der Waals surface area contributed by atoms with E-state index in [1.54, 1.807) is 19.0 Å². The van der Waals surface area contributed by atoms with Gasteiger partial charge >= 0.3 is 13.2 Å². The fourth-order valence-electron chi connectivity index (χ4n) is 4.08. The van der Waals surface area contributed by atoms with Crippen molar-refractivity contribution in [3.8, 4) is 0 Å². The normalized spacial score (nSPS) is 19.6. The zero-order valence-electron chi connectivity index (χ0n) is 16.5. The number of hydrogen-bond acceptors (Lipinski definition) is 6. The first-order valence-electron chi connectivity index (χ1n) is 9.59. The average molecular weight is 471 g/mol. The number of ether oxygens (including phenoxy) is 1. The van der Waals surface area contributed by atoms with E-state index in [1.165, 1.54) is 18.2 Å². The summed E-state index contributed by atoms with van der Waals surface area (Å²) < 4.78 is 44.9. The van der Waals surface area contributed by atoms with E-state index in [0.29, 0.717) is 13.1 Å². The third kappa shape index (κ3) is 3.89. The van der Waals surface area contributed by atoms with Crippen LogP contribution in [-0.2, 0) is 21.7 Å². The number of rotatable bonds is 5. The Morgan fingerprint density at radius 1 is 1.35 bits per heavy atom. The van der Waals surface area contributed by atoms with Crippen LogP contribution < -0.4 is 0 Å². The number of fused-ring (bicyclic) bond motifs is 2. The van der Waals surface area contributed by atoms with E-state index in [0.717, 1.165) is 17.3 Å². The molecule has 1 aromatic carbocycles. The van der Waals surface area contributed by atoms with Crippen molar-refractivity contribution in [1.29, 1.82) is 0 Å². The summed E-state index contributed by atoms with van der Waals surface area (Å²) in [6.07, 6.45) is -4.69. The smallest absolute Gasteiger partial charge is 0.407 e. The second-order valence-corrected chi connectivity index (χ2v) is 9.17. The molecular formula is C20H19BClF3N2O3S. The molecule has 0 radical (unpaired) electrons. The molecule has 1 atom stereocenters. The van der Waals surface area contributed by atoms with Gasteiger partial charge in [0.1, 0.15) is 15.5 Å². The molecule has 3 heterocycles. The van der Waals surface area contributed by atoms with E-state index < -0.39 is 35.8 Å². The molecular weight excluding hydrogens is 452 g/mol. The second-order valence-electron chi connectivity index (χ2n) is 8.02. The Morgan fingerprint density at radius 3 is 2.65 bits per heavy atom. The molecule has 0 amide bonds. The Balaban J connectivity index is 1.58. The molecule has 2 aliphatic rings. The molecule has 2 aromatic rings. The van der Waals surface area contributed by atoms with Crippen LogP contribution in [0.15, 0.2) is 36.5 Å². The van der Waals surface area contributed by atoms with Crippen LogP contribution in [0, 0.1) is 0 Å². The van der Waals surface area contributed by atoms with Crippen molar-refractivity contribution in [1.82, 2.24) is 9.79 Å². The summed E-state index contributed by atoms with van der Waals surface area (Å²) in [6.45, 7) is 2.96. The number of nitrogens with zero attached hydrogens (tertiary/aromatic N) is 2. The number of pyridine rings is 1. The Labute approximate surface area is 188 Å². The molecule has 0 saturated carbocycles. The molecule has 5 nitrogen and oxygen atoms in total. The van der Waals surface area contributed by atoms with Crippen LogP contribution in [0.1, 0.15) is 33.5 Å². The van der Waals surface area contributed by atoms with Gasteiger partial charge in [0.05, 0.1) is 6.61 Å². The number of carbonyl (C=O) groups excluding carboxylic acids is 1. The predicted molar refractivity (Wildman–Crippen MR) is 113 cm³/mol. The van der Waals surface area contributed by atoms with E-state index >= 15 is 0 Å². The van der Waals surface area contributed by atoms with Gasteiger partial charge in [0, 0.05) is 31.3 Å². The number of hydrogen-bond donors (Lipinski definition) is 2. The number of thiol groups is 1.